The van der Waals surface area contributed by atoms with E-state index in [0.717, 1.165) is 47.6 Å². The Morgan fingerprint density at radius 2 is 1.88 bits per heavy atom. The Balaban J connectivity index is 1.31. The first kappa shape index (κ1) is 22.6. The highest BCUT2D eigenvalue weighted by Crippen LogP contribution is 2.45. The summed E-state index contributed by atoms with van der Waals surface area (Å²) in [6, 6.07) is 17.2. The Labute approximate surface area is 194 Å². The molecule has 1 saturated carbocycles. The molecule has 0 bridgehead atoms. The number of nitriles is 1. The fourth-order valence-corrected chi connectivity index (χ4v) is 4.17. The first-order valence-electron chi connectivity index (χ1n) is 11.4. The summed E-state index contributed by atoms with van der Waals surface area (Å²) in [6.45, 7) is 4.65. The van der Waals surface area contributed by atoms with E-state index in [2.05, 4.69) is 11.1 Å². The Morgan fingerprint density at radius 3 is 2.48 bits per heavy atom. The van der Waals surface area contributed by atoms with Crippen molar-refractivity contribution in [3.63, 3.8) is 0 Å². The average molecular weight is 445 g/mol. The summed E-state index contributed by atoms with van der Waals surface area (Å²) in [6.07, 6.45) is 4.20. The zero-order valence-corrected chi connectivity index (χ0v) is 19.1. The maximum Gasteiger partial charge on any atom is 0.312 e. The predicted octanol–water partition coefficient (Wildman–Crippen LogP) is 5.42. The van der Waals surface area contributed by atoms with Gasteiger partial charge in [0, 0.05) is 12.0 Å². The summed E-state index contributed by atoms with van der Waals surface area (Å²) in [5.41, 5.74) is 3.06. The number of ether oxygens (including phenoxy) is 2. The first-order chi connectivity index (χ1) is 16.0. The van der Waals surface area contributed by atoms with Crippen molar-refractivity contribution in [2.24, 2.45) is 5.41 Å². The highest BCUT2D eigenvalue weighted by Gasteiger charge is 2.45. The molecule has 0 amide bonds. The number of carbonyl (C=O) groups is 1. The molecule has 0 saturated heterocycles. The molecule has 33 heavy (non-hydrogen) atoms. The fraction of sp³-hybridized carbons (Fsp3) is 0.370. The Hall–Kier alpha value is -3.59. The molecule has 1 fully saturated rings. The molecule has 0 N–H and O–H groups in total. The van der Waals surface area contributed by atoms with Crippen LogP contribution in [-0.4, -0.2) is 24.2 Å². The van der Waals surface area contributed by atoms with E-state index in [0.29, 0.717) is 37.5 Å². The molecule has 4 rings (SSSR count). The van der Waals surface area contributed by atoms with E-state index in [-0.39, 0.29) is 11.4 Å². The molecule has 0 unspecified atom stereocenters. The smallest absolute Gasteiger partial charge is 0.312 e. The molecule has 0 aliphatic heterocycles. The second-order valence-corrected chi connectivity index (χ2v) is 8.48. The van der Waals surface area contributed by atoms with Crippen LogP contribution >= 0.6 is 0 Å². The molecule has 2 aromatic carbocycles. The molecular weight excluding hydrogens is 416 g/mol. The van der Waals surface area contributed by atoms with Crippen molar-refractivity contribution in [1.29, 1.82) is 5.26 Å². The van der Waals surface area contributed by atoms with E-state index >= 15 is 0 Å². The Bertz CT molecular complexity index is 1140. The number of nitrogens with zero attached hydrogens (tertiary/aromatic N) is 2. The molecule has 6 heteroatoms. The standard InChI is InChI=1S/C27H28N2O4/c1-3-31-26(30)27(14-4-15-27)17-20-7-11-23(12-8-20)32-16-13-24-19(2)33-25(29-24)22-9-5-21(18-28)6-10-22/h5-12H,3-4,13-17H2,1-2H3. The van der Waals surface area contributed by atoms with Gasteiger partial charge in [-0.1, -0.05) is 18.6 Å². The van der Waals surface area contributed by atoms with Gasteiger partial charge in [-0.2, -0.15) is 5.26 Å². The lowest BCUT2D eigenvalue weighted by Crippen LogP contribution is -2.41. The van der Waals surface area contributed by atoms with E-state index < -0.39 is 0 Å². The van der Waals surface area contributed by atoms with Crippen molar-refractivity contribution in [2.45, 2.75) is 46.0 Å². The number of aromatic nitrogens is 1. The van der Waals surface area contributed by atoms with Crippen molar-refractivity contribution in [1.82, 2.24) is 4.98 Å². The van der Waals surface area contributed by atoms with Crippen LogP contribution in [0.5, 0.6) is 5.75 Å². The summed E-state index contributed by atoms with van der Waals surface area (Å²) < 4.78 is 17.0. The Kier molecular flexibility index (Phi) is 6.79. The molecular formula is C27H28N2O4. The molecule has 6 nitrogen and oxygen atoms in total. The second-order valence-electron chi connectivity index (χ2n) is 8.48. The third-order valence-corrected chi connectivity index (χ3v) is 6.25. The van der Waals surface area contributed by atoms with Gasteiger partial charge in [-0.3, -0.25) is 4.79 Å². The number of aryl methyl sites for hydroxylation is 1. The van der Waals surface area contributed by atoms with Crippen molar-refractivity contribution in [3.05, 3.63) is 71.1 Å². The maximum atomic E-state index is 12.4. The fourth-order valence-electron chi connectivity index (χ4n) is 4.17. The van der Waals surface area contributed by atoms with Crippen LogP contribution in [0.15, 0.2) is 52.9 Å². The minimum absolute atomic E-state index is 0.0695. The molecule has 0 atom stereocenters. The SMILES string of the molecule is CCOC(=O)C1(Cc2ccc(OCCc3nc(-c4ccc(C#N)cc4)oc3C)cc2)CCC1. The van der Waals surface area contributed by atoms with Gasteiger partial charge < -0.3 is 13.9 Å². The van der Waals surface area contributed by atoms with Crippen LogP contribution < -0.4 is 4.74 Å². The van der Waals surface area contributed by atoms with Gasteiger partial charge in [0.1, 0.15) is 11.5 Å². The van der Waals surface area contributed by atoms with Crippen LogP contribution in [-0.2, 0) is 22.4 Å². The highest BCUT2D eigenvalue weighted by atomic mass is 16.5. The zero-order chi connectivity index (χ0) is 23.3. The van der Waals surface area contributed by atoms with Crippen molar-refractivity contribution in [2.75, 3.05) is 13.2 Å². The van der Waals surface area contributed by atoms with E-state index in [1.807, 2.05) is 50.2 Å². The minimum atomic E-state index is -0.352. The first-order valence-corrected chi connectivity index (χ1v) is 11.4. The lowest BCUT2D eigenvalue weighted by Gasteiger charge is -2.39. The van der Waals surface area contributed by atoms with Crippen LogP contribution in [0.25, 0.3) is 11.5 Å². The maximum absolute atomic E-state index is 12.4. The second kappa shape index (κ2) is 9.91. The molecule has 1 heterocycles. The summed E-state index contributed by atoms with van der Waals surface area (Å²) in [5, 5.41) is 8.94. The number of hydrogen-bond acceptors (Lipinski definition) is 6. The third-order valence-electron chi connectivity index (χ3n) is 6.25. The van der Waals surface area contributed by atoms with E-state index in [1.165, 1.54) is 0 Å². The normalized spacial score (nSPS) is 14.2. The number of rotatable bonds is 9. The number of esters is 1. The van der Waals surface area contributed by atoms with Crippen molar-refractivity contribution >= 4 is 5.97 Å². The van der Waals surface area contributed by atoms with Gasteiger partial charge in [0.15, 0.2) is 0 Å². The van der Waals surface area contributed by atoms with Gasteiger partial charge in [-0.15, -0.1) is 0 Å². The van der Waals surface area contributed by atoms with Crippen LogP contribution in [0.4, 0.5) is 0 Å². The van der Waals surface area contributed by atoms with Gasteiger partial charge >= 0.3 is 5.97 Å². The minimum Gasteiger partial charge on any atom is -0.493 e. The molecule has 0 radical (unpaired) electrons. The topological polar surface area (TPSA) is 85.4 Å². The highest BCUT2D eigenvalue weighted by molar-refractivity contribution is 5.78. The number of carbonyl (C=O) groups excluding carboxylic acids is 1. The van der Waals surface area contributed by atoms with Gasteiger partial charge in [-0.05, 0) is 75.1 Å². The molecule has 170 valence electrons. The average Bonchev–Trinajstić information content (AvgIpc) is 3.18. The van der Waals surface area contributed by atoms with Crippen molar-refractivity contribution < 1.29 is 18.7 Å². The predicted molar refractivity (Wildman–Crippen MR) is 124 cm³/mol. The molecule has 1 aliphatic rings. The third kappa shape index (κ3) is 5.09. The van der Waals surface area contributed by atoms with Gasteiger partial charge in [-0.25, -0.2) is 4.98 Å². The monoisotopic (exact) mass is 444 g/mol. The van der Waals surface area contributed by atoms with E-state index in [1.54, 1.807) is 12.1 Å². The molecule has 3 aromatic rings. The van der Waals surface area contributed by atoms with Crippen LogP contribution in [0.3, 0.4) is 0 Å². The lowest BCUT2D eigenvalue weighted by molar-refractivity contribution is -0.161. The van der Waals surface area contributed by atoms with Crippen LogP contribution in [0, 0.1) is 23.7 Å². The van der Waals surface area contributed by atoms with Crippen molar-refractivity contribution in [3.8, 4) is 23.3 Å². The number of benzene rings is 2. The summed E-state index contributed by atoms with van der Waals surface area (Å²) in [5.74, 6) is 2.02. The summed E-state index contributed by atoms with van der Waals surface area (Å²) in [4.78, 5) is 17.0. The summed E-state index contributed by atoms with van der Waals surface area (Å²) in [7, 11) is 0. The molecule has 1 aliphatic carbocycles. The van der Waals surface area contributed by atoms with E-state index in [9.17, 15) is 4.79 Å². The number of hydrogen-bond donors (Lipinski definition) is 0. The van der Waals surface area contributed by atoms with Gasteiger partial charge in [0.25, 0.3) is 0 Å². The summed E-state index contributed by atoms with van der Waals surface area (Å²) >= 11 is 0. The zero-order valence-electron chi connectivity index (χ0n) is 19.1. The van der Waals surface area contributed by atoms with Gasteiger partial charge in [0.05, 0.1) is 36.0 Å². The molecule has 0 spiro atoms. The van der Waals surface area contributed by atoms with Crippen LogP contribution in [0.2, 0.25) is 0 Å². The number of oxazole rings is 1. The molecule has 1 aromatic heterocycles. The van der Waals surface area contributed by atoms with E-state index in [4.69, 9.17) is 19.2 Å². The Morgan fingerprint density at radius 1 is 1.15 bits per heavy atom. The van der Waals surface area contributed by atoms with Crippen LogP contribution in [0.1, 0.15) is 48.8 Å². The van der Waals surface area contributed by atoms with Gasteiger partial charge in [0.2, 0.25) is 5.89 Å². The quantitative estimate of drug-likeness (QED) is 0.410. The lowest BCUT2D eigenvalue weighted by atomic mass is 9.65. The largest absolute Gasteiger partial charge is 0.493 e.